The number of hydrogen-bond donors (Lipinski definition) is 1. The molecule has 3 fully saturated rings. The molecule has 1 aliphatic carbocycles. The Kier molecular flexibility index (Phi) is 6.21. The maximum absolute atomic E-state index is 10.3. The molecule has 0 aromatic rings. The van der Waals surface area contributed by atoms with Crippen molar-refractivity contribution in [2.24, 2.45) is 22.7 Å². The van der Waals surface area contributed by atoms with Gasteiger partial charge in [0.1, 0.15) is 0 Å². The number of hydrogen-bond acceptors (Lipinski definition) is 6. The zero-order valence-electron chi connectivity index (χ0n) is 17.7. The standard InChI is InChI=1S/C23H32N4O2/c1-3-5-6-7-8-9-10-19-21(14-24,15-25)22(16-26)18-13-17(4-2)11-12-23(18,28-19)29-20(22)27/h17-19,27H,3-13H2,1-2H3. The van der Waals surface area contributed by atoms with E-state index in [-0.39, 0.29) is 5.90 Å². The van der Waals surface area contributed by atoms with E-state index in [1.165, 1.54) is 19.3 Å². The fraction of sp³-hybridized carbons (Fsp3) is 0.826. The van der Waals surface area contributed by atoms with E-state index in [0.717, 1.165) is 32.1 Å². The summed E-state index contributed by atoms with van der Waals surface area (Å²) in [5.74, 6) is -1.31. The van der Waals surface area contributed by atoms with Crippen LogP contribution in [0.15, 0.2) is 0 Å². The van der Waals surface area contributed by atoms with Crippen LogP contribution in [0.4, 0.5) is 0 Å². The number of ether oxygens (including phenoxy) is 2. The minimum atomic E-state index is -1.71. The van der Waals surface area contributed by atoms with Crippen LogP contribution in [0.2, 0.25) is 0 Å². The summed E-state index contributed by atoms with van der Waals surface area (Å²) in [7, 11) is 0. The molecule has 3 rings (SSSR count). The zero-order chi connectivity index (χ0) is 21.1. The average Bonchev–Trinajstić information content (AvgIpc) is 2.94. The van der Waals surface area contributed by atoms with Gasteiger partial charge in [-0.3, -0.25) is 5.41 Å². The highest BCUT2D eigenvalue weighted by atomic mass is 16.7. The summed E-state index contributed by atoms with van der Waals surface area (Å²) in [6.45, 7) is 4.29. The molecule has 0 amide bonds. The van der Waals surface area contributed by atoms with E-state index in [1.54, 1.807) is 0 Å². The van der Waals surface area contributed by atoms with Crippen LogP contribution in [0.5, 0.6) is 0 Å². The van der Waals surface area contributed by atoms with E-state index in [1.807, 2.05) is 0 Å². The fourth-order valence-corrected chi connectivity index (χ4v) is 5.77. The van der Waals surface area contributed by atoms with Gasteiger partial charge in [0.05, 0.1) is 30.2 Å². The van der Waals surface area contributed by atoms with Crippen molar-refractivity contribution in [3.63, 3.8) is 0 Å². The quantitative estimate of drug-likeness (QED) is 0.566. The molecule has 0 aromatic heterocycles. The molecule has 2 bridgehead atoms. The summed E-state index contributed by atoms with van der Waals surface area (Å²) in [5, 5.41) is 39.2. The molecule has 156 valence electrons. The molecule has 3 aliphatic rings. The third kappa shape index (κ3) is 3.03. The Labute approximate surface area is 174 Å². The van der Waals surface area contributed by atoms with E-state index in [4.69, 9.17) is 14.9 Å². The van der Waals surface area contributed by atoms with Gasteiger partial charge in [-0.15, -0.1) is 0 Å². The minimum absolute atomic E-state index is 0.240. The predicted octanol–water partition coefficient (Wildman–Crippen LogP) is 5.21. The van der Waals surface area contributed by atoms with Crippen LogP contribution in [-0.4, -0.2) is 17.8 Å². The van der Waals surface area contributed by atoms with E-state index in [9.17, 15) is 15.8 Å². The highest BCUT2D eigenvalue weighted by Gasteiger charge is 2.80. The number of nitriles is 3. The first-order chi connectivity index (χ1) is 14.0. The average molecular weight is 397 g/mol. The van der Waals surface area contributed by atoms with Crippen LogP contribution in [0.1, 0.15) is 84.5 Å². The molecule has 1 N–H and O–H groups in total. The summed E-state index contributed by atoms with van der Waals surface area (Å²) >= 11 is 0. The van der Waals surface area contributed by atoms with Crippen molar-refractivity contribution in [2.75, 3.05) is 0 Å². The Morgan fingerprint density at radius 3 is 2.34 bits per heavy atom. The lowest BCUT2D eigenvalue weighted by molar-refractivity contribution is -0.297. The first-order valence-corrected chi connectivity index (χ1v) is 11.2. The number of nitrogens with one attached hydrogen (secondary N) is 1. The lowest BCUT2D eigenvalue weighted by Crippen LogP contribution is -2.64. The van der Waals surface area contributed by atoms with Gasteiger partial charge in [-0.25, -0.2) is 0 Å². The van der Waals surface area contributed by atoms with Gasteiger partial charge in [0.25, 0.3) is 0 Å². The Hall–Kier alpha value is -2.10. The fourth-order valence-electron chi connectivity index (χ4n) is 5.77. The molecule has 0 radical (unpaired) electrons. The molecule has 2 heterocycles. The Bertz CT molecular complexity index is 746. The smallest absolute Gasteiger partial charge is 0.217 e. The molecular weight excluding hydrogens is 364 g/mol. The zero-order valence-corrected chi connectivity index (χ0v) is 17.7. The SMILES string of the molecule is CCCCCCCCC1OC23CCC(CC)CC2C(C#N)(C(=N)O3)C1(C#N)C#N. The van der Waals surface area contributed by atoms with Crippen molar-refractivity contribution in [1.29, 1.82) is 21.2 Å². The van der Waals surface area contributed by atoms with Crippen LogP contribution >= 0.6 is 0 Å². The maximum Gasteiger partial charge on any atom is 0.217 e. The van der Waals surface area contributed by atoms with Crippen LogP contribution < -0.4 is 0 Å². The summed E-state index contributed by atoms with van der Waals surface area (Å²) in [4.78, 5) is 0. The molecule has 2 aliphatic heterocycles. The molecule has 6 nitrogen and oxygen atoms in total. The molecular formula is C23H32N4O2. The first kappa shape index (κ1) is 21.6. The van der Waals surface area contributed by atoms with Gasteiger partial charge in [0.2, 0.25) is 11.7 Å². The lowest BCUT2D eigenvalue weighted by atomic mass is 9.51. The molecule has 5 atom stereocenters. The minimum Gasteiger partial charge on any atom is -0.447 e. The Morgan fingerprint density at radius 2 is 1.72 bits per heavy atom. The lowest BCUT2D eigenvalue weighted by Gasteiger charge is -2.52. The van der Waals surface area contributed by atoms with E-state index < -0.39 is 28.6 Å². The van der Waals surface area contributed by atoms with Crippen molar-refractivity contribution in [3.8, 4) is 18.2 Å². The van der Waals surface area contributed by atoms with Crippen molar-refractivity contribution < 1.29 is 9.47 Å². The predicted molar refractivity (Wildman–Crippen MR) is 107 cm³/mol. The van der Waals surface area contributed by atoms with Crippen LogP contribution in [0.3, 0.4) is 0 Å². The van der Waals surface area contributed by atoms with Crippen molar-refractivity contribution >= 4 is 5.90 Å². The van der Waals surface area contributed by atoms with E-state index in [0.29, 0.717) is 25.2 Å². The third-order valence-corrected chi connectivity index (χ3v) is 7.53. The summed E-state index contributed by atoms with van der Waals surface area (Å²) in [5.41, 5.74) is -3.25. The first-order valence-electron chi connectivity index (χ1n) is 11.2. The van der Waals surface area contributed by atoms with E-state index >= 15 is 0 Å². The maximum atomic E-state index is 10.3. The largest absolute Gasteiger partial charge is 0.447 e. The summed E-state index contributed by atoms with van der Waals surface area (Å²) in [6, 6.07) is 6.59. The molecule has 29 heavy (non-hydrogen) atoms. The Balaban J connectivity index is 1.92. The topological polar surface area (TPSA) is 114 Å². The van der Waals surface area contributed by atoms with Gasteiger partial charge in [0, 0.05) is 6.42 Å². The van der Waals surface area contributed by atoms with Gasteiger partial charge in [-0.1, -0.05) is 58.8 Å². The summed E-state index contributed by atoms with van der Waals surface area (Å²) in [6.07, 6.45) is 9.54. The van der Waals surface area contributed by atoms with Crippen molar-refractivity contribution in [1.82, 2.24) is 0 Å². The van der Waals surface area contributed by atoms with Gasteiger partial charge < -0.3 is 9.47 Å². The molecule has 0 aromatic carbocycles. The van der Waals surface area contributed by atoms with Crippen molar-refractivity contribution in [3.05, 3.63) is 0 Å². The van der Waals surface area contributed by atoms with Crippen molar-refractivity contribution in [2.45, 2.75) is 96.4 Å². The van der Waals surface area contributed by atoms with Crippen LogP contribution in [-0.2, 0) is 9.47 Å². The monoisotopic (exact) mass is 396 g/mol. The molecule has 6 heteroatoms. The second kappa shape index (κ2) is 8.33. The normalized spacial score (nSPS) is 36.9. The molecule has 5 unspecified atom stereocenters. The second-order valence-corrected chi connectivity index (χ2v) is 8.96. The van der Waals surface area contributed by atoms with Gasteiger partial charge in [0.15, 0.2) is 10.8 Å². The number of unbranched alkanes of at least 4 members (excludes halogenated alkanes) is 5. The third-order valence-electron chi connectivity index (χ3n) is 7.53. The second-order valence-electron chi connectivity index (χ2n) is 8.96. The molecule has 1 saturated carbocycles. The van der Waals surface area contributed by atoms with Crippen LogP contribution in [0, 0.1) is 62.1 Å². The number of nitrogens with zero attached hydrogens (tertiary/aromatic N) is 3. The van der Waals surface area contributed by atoms with E-state index in [2.05, 4.69) is 32.1 Å². The van der Waals surface area contributed by atoms with Gasteiger partial charge in [-0.05, 0) is 25.2 Å². The molecule has 2 saturated heterocycles. The summed E-state index contributed by atoms with van der Waals surface area (Å²) < 4.78 is 12.4. The number of rotatable bonds is 8. The van der Waals surface area contributed by atoms with Crippen LogP contribution in [0.25, 0.3) is 0 Å². The highest BCUT2D eigenvalue weighted by Crippen LogP contribution is 2.67. The van der Waals surface area contributed by atoms with Gasteiger partial charge >= 0.3 is 0 Å². The molecule has 0 spiro atoms. The Morgan fingerprint density at radius 1 is 1.03 bits per heavy atom. The van der Waals surface area contributed by atoms with Gasteiger partial charge in [-0.2, -0.15) is 15.8 Å². The highest BCUT2D eigenvalue weighted by molar-refractivity contribution is 5.89.